The molecule has 2 saturated heterocycles. The van der Waals surface area contributed by atoms with Crippen molar-refractivity contribution in [3.8, 4) is 5.75 Å². The third-order valence-corrected chi connectivity index (χ3v) is 5.16. The second-order valence-electron chi connectivity index (χ2n) is 6.39. The van der Waals surface area contributed by atoms with Crippen LogP contribution >= 0.6 is 11.6 Å². The van der Waals surface area contributed by atoms with E-state index in [1.165, 1.54) is 19.5 Å². The standard InChI is InChI=1S/C17H19ClN2O2/c18-15-4-6-22-16-8-12(1-2-14(15)16)17(21)19-13-7-11-3-5-20(9-11)10-13/h1-2,4,8,11,13H,3,5-7,9-10H2,(H,19,21)/t11-,13+/m0/s1. The molecule has 116 valence electrons. The zero-order valence-electron chi connectivity index (χ0n) is 12.3. The summed E-state index contributed by atoms with van der Waals surface area (Å²) < 4.78 is 5.57. The number of nitrogens with zero attached hydrogens (tertiary/aromatic N) is 1. The monoisotopic (exact) mass is 318 g/mol. The maximum absolute atomic E-state index is 12.5. The Morgan fingerprint density at radius 3 is 3.14 bits per heavy atom. The fourth-order valence-corrected chi connectivity index (χ4v) is 3.95. The van der Waals surface area contributed by atoms with Crippen molar-refractivity contribution in [1.82, 2.24) is 10.2 Å². The highest BCUT2D eigenvalue weighted by Gasteiger charge is 2.33. The van der Waals surface area contributed by atoms with Crippen LogP contribution < -0.4 is 10.1 Å². The summed E-state index contributed by atoms with van der Waals surface area (Å²) in [5, 5.41) is 3.86. The molecule has 1 N–H and O–H groups in total. The molecule has 0 spiro atoms. The molecule has 4 rings (SSSR count). The third-order valence-electron chi connectivity index (χ3n) is 4.80. The number of benzene rings is 1. The van der Waals surface area contributed by atoms with Gasteiger partial charge in [-0.15, -0.1) is 0 Å². The summed E-state index contributed by atoms with van der Waals surface area (Å²) in [7, 11) is 0. The van der Waals surface area contributed by atoms with Gasteiger partial charge in [-0.05, 0) is 49.6 Å². The van der Waals surface area contributed by atoms with Crippen LogP contribution in [0.25, 0.3) is 5.03 Å². The Kier molecular flexibility index (Phi) is 3.59. The molecule has 0 aromatic heterocycles. The molecule has 0 radical (unpaired) electrons. The van der Waals surface area contributed by atoms with Gasteiger partial charge in [0.25, 0.3) is 5.91 Å². The first-order valence-electron chi connectivity index (χ1n) is 7.85. The molecule has 0 aliphatic carbocycles. The van der Waals surface area contributed by atoms with Gasteiger partial charge in [0.05, 0.1) is 5.03 Å². The lowest BCUT2D eigenvalue weighted by molar-refractivity contribution is 0.0909. The first-order chi connectivity index (χ1) is 10.7. The Hall–Kier alpha value is -1.52. The van der Waals surface area contributed by atoms with Gasteiger partial charge < -0.3 is 15.0 Å². The summed E-state index contributed by atoms with van der Waals surface area (Å²) in [6.45, 7) is 3.80. The lowest BCUT2D eigenvalue weighted by Crippen LogP contribution is -2.47. The zero-order valence-corrected chi connectivity index (χ0v) is 13.1. The SMILES string of the molecule is O=C(N[C@@H]1C[C@@H]2CCN(C2)C1)c1ccc2c(c1)OCC=C2Cl. The number of fused-ring (bicyclic) bond motifs is 3. The minimum Gasteiger partial charge on any atom is -0.489 e. The summed E-state index contributed by atoms with van der Waals surface area (Å²) >= 11 is 6.15. The second-order valence-corrected chi connectivity index (χ2v) is 6.80. The Balaban J connectivity index is 1.48. The molecule has 1 amide bonds. The van der Waals surface area contributed by atoms with Crippen LogP contribution in [0.1, 0.15) is 28.8 Å². The highest BCUT2D eigenvalue weighted by atomic mass is 35.5. The molecule has 3 heterocycles. The summed E-state index contributed by atoms with van der Waals surface area (Å²) in [4.78, 5) is 14.9. The van der Waals surface area contributed by atoms with Crippen LogP contribution in [0.3, 0.4) is 0 Å². The molecule has 1 aromatic carbocycles. The van der Waals surface area contributed by atoms with Crippen LogP contribution in [0.5, 0.6) is 5.75 Å². The van der Waals surface area contributed by atoms with Gasteiger partial charge in [0.2, 0.25) is 0 Å². The van der Waals surface area contributed by atoms with Crippen LogP contribution in [0.4, 0.5) is 0 Å². The van der Waals surface area contributed by atoms with E-state index < -0.39 is 0 Å². The average molecular weight is 319 g/mol. The van der Waals surface area contributed by atoms with Gasteiger partial charge in [-0.2, -0.15) is 0 Å². The summed E-state index contributed by atoms with van der Waals surface area (Å²) in [5.41, 5.74) is 1.49. The maximum Gasteiger partial charge on any atom is 0.251 e. The molecule has 5 heteroatoms. The largest absolute Gasteiger partial charge is 0.489 e. The summed E-state index contributed by atoms with van der Waals surface area (Å²) in [6, 6.07) is 5.72. The van der Waals surface area contributed by atoms with Gasteiger partial charge in [0, 0.05) is 30.3 Å². The quantitative estimate of drug-likeness (QED) is 0.911. The first kappa shape index (κ1) is 14.1. The number of carbonyl (C=O) groups excluding carboxylic acids is 1. The van der Waals surface area contributed by atoms with E-state index in [2.05, 4.69) is 10.2 Å². The minimum atomic E-state index is -0.0235. The van der Waals surface area contributed by atoms with Crippen molar-refractivity contribution >= 4 is 22.5 Å². The Morgan fingerprint density at radius 1 is 1.36 bits per heavy atom. The summed E-state index contributed by atoms with van der Waals surface area (Å²) in [5.74, 6) is 1.41. The van der Waals surface area contributed by atoms with Crippen molar-refractivity contribution in [1.29, 1.82) is 0 Å². The van der Waals surface area contributed by atoms with Gasteiger partial charge >= 0.3 is 0 Å². The van der Waals surface area contributed by atoms with E-state index in [1.807, 2.05) is 18.2 Å². The molecule has 3 atom stereocenters. The second kappa shape index (κ2) is 5.60. The van der Waals surface area contributed by atoms with Crippen LogP contribution in [0.2, 0.25) is 0 Å². The molecular weight excluding hydrogens is 300 g/mol. The smallest absolute Gasteiger partial charge is 0.251 e. The number of amides is 1. The average Bonchev–Trinajstić information content (AvgIpc) is 2.86. The van der Waals surface area contributed by atoms with Crippen LogP contribution in [-0.2, 0) is 0 Å². The lowest BCUT2D eigenvalue weighted by atomic mass is 9.96. The van der Waals surface area contributed by atoms with Gasteiger partial charge in [-0.25, -0.2) is 0 Å². The molecule has 0 saturated carbocycles. The number of halogens is 1. The van der Waals surface area contributed by atoms with Gasteiger partial charge in [-0.3, -0.25) is 4.79 Å². The molecule has 3 aliphatic rings. The maximum atomic E-state index is 12.5. The Labute approximate surface area is 135 Å². The van der Waals surface area contributed by atoms with E-state index in [-0.39, 0.29) is 11.9 Å². The molecule has 2 bridgehead atoms. The van der Waals surface area contributed by atoms with Crippen molar-refractivity contribution in [3.05, 3.63) is 35.4 Å². The predicted molar refractivity (Wildman–Crippen MR) is 86.2 cm³/mol. The van der Waals surface area contributed by atoms with E-state index >= 15 is 0 Å². The number of piperidine rings is 1. The lowest BCUT2D eigenvalue weighted by Gasteiger charge is -2.30. The van der Waals surface area contributed by atoms with Gasteiger partial charge in [0.1, 0.15) is 12.4 Å². The predicted octanol–water partition coefficient (Wildman–Crippen LogP) is 2.48. The van der Waals surface area contributed by atoms with Crippen molar-refractivity contribution < 1.29 is 9.53 Å². The number of rotatable bonds is 2. The van der Waals surface area contributed by atoms with Crippen molar-refractivity contribution in [3.63, 3.8) is 0 Å². The Bertz CT molecular complexity index is 632. The highest BCUT2D eigenvalue weighted by Crippen LogP contribution is 2.33. The van der Waals surface area contributed by atoms with Crippen molar-refractivity contribution in [2.75, 3.05) is 26.2 Å². The third kappa shape index (κ3) is 2.61. The van der Waals surface area contributed by atoms with E-state index in [4.69, 9.17) is 16.3 Å². The van der Waals surface area contributed by atoms with Crippen molar-refractivity contribution in [2.45, 2.75) is 18.9 Å². The first-order valence-corrected chi connectivity index (χ1v) is 8.23. The number of hydrogen-bond donors (Lipinski definition) is 1. The van der Waals surface area contributed by atoms with E-state index in [1.54, 1.807) is 6.07 Å². The fourth-order valence-electron chi connectivity index (χ4n) is 3.73. The Morgan fingerprint density at radius 2 is 2.27 bits per heavy atom. The number of ether oxygens (including phenoxy) is 1. The van der Waals surface area contributed by atoms with Crippen LogP contribution in [0.15, 0.2) is 24.3 Å². The topological polar surface area (TPSA) is 41.6 Å². The van der Waals surface area contributed by atoms with Crippen LogP contribution in [-0.4, -0.2) is 43.1 Å². The van der Waals surface area contributed by atoms with Gasteiger partial charge in [0.15, 0.2) is 0 Å². The number of nitrogens with one attached hydrogen (secondary N) is 1. The molecule has 1 aromatic rings. The van der Waals surface area contributed by atoms with E-state index in [9.17, 15) is 4.79 Å². The van der Waals surface area contributed by atoms with E-state index in [0.29, 0.717) is 23.0 Å². The van der Waals surface area contributed by atoms with Crippen molar-refractivity contribution in [2.24, 2.45) is 5.92 Å². The molecular formula is C17H19ClN2O2. The van der Waals surface area contributed by atoms with E-state index in [0.717, 1.165) is 24.4 Å². The van der Waals surface area contributed by atoms with Gasteiger partial charge in [-0.1, -0.05) is 11.6 Å². The summed E-state index contributed by atoms with van der Waals surface area (Å²) in [6.07, 6.45) is 4.19. The normalized spacial score (nSPS) is 29.3. The molecule has 1 unspecified atom stereocenters. The molecule has 3 aliphatic heterocycles. The highest BCUT2D eigenvalue weighted by molar-refractivity contribution is 6.49. The number of hydrogen-bond acceptors (Lipinski definition) is 3. The molecule has 4 nitrogen and oxygen atoms in total. The molecule has 22 heavy (non-hydrogen) atoms. The minimum absolute atomic E-state index is 0.0235. The van der Waals surface area contributed by atoms with Crippen LogP contribution in [0, 0.1) is 5.92 Å². The zero-order chi connectivity index (χ0) is 15.1. The number of carbonyl (C=O) groups is 1. The fraction of sp³-hybridized carbons (Fsp3) is 0.471. The molecule has 2 fully saturated rings.